The average Bonchev–Trinajstić information content (AvgIpc) is 2.98. The minimum absolute atomic E-state index is 0.0669. The van der Waals surface area contributed by atoms with Crippen LogP contribution in [0.4, 0.5) is 5.69 Å². The molecule has 1 atom stereocenters. The van der Waals surface area contributed by atoms with Crippen molar-refractivity contribution in [1.29, 1.82) is 0 Å². The van der Waals surface area contributed by atoms with Gasteiger partial charge in [-0.05, 0) is 42.0 Å². The zero-order chi connectivity index (χ0) is 17.9. The summed E-state index contributed by atoms with van der Waals surface area (Å²) in [5.74, 6) is 0.272. The molecule has 3 aromatic rings. The molecule has 2 heterocycles. The summed E-state index contributed by atoms with van der Waals surface area (Å²) in [5.41, 5.74) is 1.31. The van der Waals surface area contributed by atoms with Gasteiger partial charge in [0.25, 0.3) is 0 Å². The van der Waals surface area contributed by atoms with Crippen molar-refractivity contribution < 1.29 is 14.3 Å². The summed E-state index contributed by atoms with van der Waals surface area (Å²) in [4.78, 5) is 30.7. The molecular formula is C21H16N2O3. The molecule has 0 saturated carbocycles. The van der Waals surface area contributed by atoms with Gasteiger partial charge in [0.15, 0.2) is 5.78 Å². The second-order valence-corrected chi connectivity index (χ2v) is 6.02. The van der Waals surface area contributed by atoms with Gasteiger partial charge < -0.3 is 9.64 Å². The molecule has 0 N–H and O–H groups in total. The van der Waals surface area contributed by atoms with Gasteiger partial charge in [0, 0.05) is 6.20 Å². The number of nitrogens with zero attached hydrogens (tertiary/aromatic N) is 2. The molecule has 1 aromatic heterocycles. The van der Waals surface area contributed by atoms with Crippen molar-refractivity contribution >= 4 is 17.4 Å². The minimum atomic E-state index is -0.777. The SMILES string of the molecule is O=C1CN(c2cccnc2)C(=O)C1c1ccc(Oc2ccccc2)cc1. The summed E-state index contributed by atoms with van der Waals surface area (Å²) in [6.07, 6.45) is 3.22. The van der Waals surface area contributed by atoms with Gasteiger partial charge in [-0.25, -0.2) is 0 Å². The van der Waals surface area contributed by atoms with Gasteiger partial charge in [-0.2, -0.15) is 0 Å². The first-order chi connectivity index (χ1) is 12.7. The van der Waals surface area contributed by atoms with E-state index in [4.69, 9.17) is 4.74 Å². The lowest BCUT2D eigenvalue weighted by Gasteiger charge is -2.15. The number of anilines is 1. The maximum atomic E-state index is 12.7. The Morgan fingerprint density at radius 2 is 1.62 bits per heavy atom. The summed E-state index contributed by atoms with van der Waals surface area (Å²) in [6, 6.07) is 20.0. The third-order valence-corrected chi connectivity index (χ3v) is 4.30. The van der Waals surface area contributed by atoms with Crippen LogP contribution in [0.25, 0.3) is 0 Å². The first-order valence-electron chi connectivity index (χ1n) is 8.29. The van der Waals surface area contributed by atoms with Gasteiger partial charge >= 0.3 is 0 Å². The first-order valence-corrected chi connectivity index (χ1v) is 8.29. The third kappa shape index (κ3) is 3.07. The lowest BCUT2D eigenvalue weighted by atomic mass is 9.97. The fourth-order valence-electron chi connectivity index (χ4n) is 3.03. The van der Waals surface area contributed by atoms with Crippen LogP contribution in [-0.4, -0.2) is 23.2 Å². The monoisotopic (exact) mass is 344 g/mol. The number of pyridine rings is 1. The van der Waals surface area contributed by atoms with Crippen molar-refractivity contribution in [1.82, 2.24) is 4.98 Å². The number of ketones is 1. The second kappa shape index (κ2) is 6.80. The maximum Gasteiger partial charge on any atom is 0.242 e. The number of rotatable bonds is 4. The third-order valence-electron chi connectivity index (χ3n) is 4.30. The van der Waals surface area contributed by atoms with Gasteiger partial charge in [0.2, 0.25) is 5.91 Å². The number of hydrogen-bond donors (Lipinski definition) is 0. The number of para-hydroxylation sites is 1. The number of carbonyl (C=O) groups is 2. The van der Waals surface area contributed by atoms with Gasteiger partial charge in [-0.15, -0.1) is 0 Å². The topological polar surface area (TPSA) is 59.5 Å². The van der Waals surface area contributed by atoms with E-state index in [1.165, 1.54) is 4.90 Å². The Kier molecular flexibility index (Phi) is 4.19. The van der Waals surface area contributed by atoms with Gasteiger partial charge in [0.1, 0.15) is 17.4 Å². The molecule has 1 fully saturated rings. The van der Waals surface area contributed by atoms with E-state index in [0.717, 1.165) is 5.75 Å². The fraction of sp³-hybridized carbons (Fsp3) is 0.0952. The summed E-state index contributed by atoms with van der Waals surface area (Å²) in [6.45, 7) is 0.0669. The summed E-state index contributed by atoms with van der Waals surface area (Å²) in [5, 5.41) is 0. The zero-order valence-corrected chi connectivity index (χ0v) is 13.9. The molecule has 5 heteroatoms. The highest BCUT2D eigenvalue weighted by molar-refractivity contribution is 6.21. The lowest BCUT2D eigenvalue weighted by molar-refractivity contribution is -0.123. The molecule has 0 bridgehead atoms. The van der Waals surface area contributed by atoms with Crippen LogP contribution in [0.5, 0.6) is 11.5 Å². The Bertz CT molecular complexity index is 924. The number of aromatic nitrogens is 1. The number of carbonyl (C=O) groups excluding carboxylic acids is 2. The molecule has 0 spiro atoms. The number of Topliss-reactive ketones (excluding diaryl/α,β-unsaturated/α-hetero) is 1. The molecule has 0 radical (unpaired) electrons. The summed E-state index contributed by atoms with van der Waals surface area (Å²) in [7, 11) is 0. The summed E-state index contributed by atoms with van der Waals surface area (Å²) >= 11 is 0. The van der Waals surface area contributed by atoms with E-state index in [1.807, 2.05) is 30.3 Å². The van der Waals surface area contributed by atoms with Crippen LogP contribution in [0.2, 0.25) is 0 Å². The second-order valence-electron chi connectivity index (χ2n) is 6.02. The molecule has 1 aliphatic heterocycles. The molecule has 5 nitrogen and oxygen atoms in total. The van der Waals surface area contributed by atoms with Crippen molar-refractivity contribution in [3.8, 4) is 11.5 Å². The Labute approximate surface area is 150 Å². The Morgan fingerprint density at radius 1 is 0.885 bits per heavy atom. The van der Waals surface area contributed by atoms with Crippen molar-refractivity contribution in [3.63, 3.8) is 0 Å². The van der Waals surface area contributed by atoms with Crippen LogP contribution < -0.4 is 9.64 Å². The van der Waals surface area contributed by atoms with Crippen molar-refractivity contribution in [2.45, 2.75) is 5.92 Å². The molecule has 1 aliphatic rings. The molecule has 1 amide bonds. The number of amides is 1. The predicted molar refractivity (Wildman–Crippen MR) is 97.3 cm³/mol. The van der Waals surface area contributed by atoms with Crippen molar-refractivity contribution in [2.75, 3.05) is 11.4 Å². The molecule has 2 aromatic carbocycles. The molecule has 26 heavy (non-hydrogen) atoms. The molecule has 0 aliphatic carbocycles. The molecule has 1 saturated heterocycles. The quantitative estimate of drug-likeness (QED) is 0.679. The zero-order valence-electron chi connectivity index (χ0n) is 13.9. The van der Waals surface area contributed by atoms with E-state index in [-0.39, 0.29) is 18.2 Å². The molecule has 1 unspecified atom stereocenters. The highest BCUT2D eigenvalue weighted by atomic mass is 16.5. The molecule has 4 rings (SSSR count). The Hall–Kier alpha value is -3.47. The fourth-order valence-corrected chi connectivity index (χ4v) is 3.03. The predicted octanol–water partition coefficient (Wildman–Crippen LogP) is 3.57. The lowest BCUT2D eigenvalue weighted by Crippen LogP contribution is -2.26. The maximum absolute atomic E-state index is 12.7. The van der Waals surface area contributed by atoms with E-state index in [2.05, 4.69) is 4.98 Å². The van der Waals surface area contributed by atoms with Crippen LogP contribution in [0.1, 0.15) is 11.5 Å². The van der Waals surface area contributed by atoms with E-state index >= 15 is 0 Å². The van der Waals surface area contributed by atoms with Crippen LogP contribution in [0, 0.1) is 0 Å². The van der Waals surface area contributed by atoms with Gasteiger partial charge in [-0.3, -0.25) is 14.6 Å². The van der Waals surface area contributed by atoms with Crippen molar-refractivity contribution in [2.24, 2.45) is 0 Å². The van der Waals surface area contributed by atoms with Crippen molar-refractivity contribution in [3.05, 3.63) is 84.7 Å². The summed E-state index contributed by atoms with van der Waals surface area (Å²) < 4.78 is 5.75. The van der Waals surface area contributed by atoms with Crippen LogP contribution in [0.15, 0.2) is 79.1 Å². The molecule has 128 valence electrons. The normalized spacial score (nSPS) is 16.8. The molecular weight excluding hydrogens is 328 g/mol. The average molecular weight is 344 g/mol. The number of ether oxygens (including phenoxy) is 1. The standard InChI is InChI=1S/C21H16N2O3/c24-19-14-23(16-5-4-12-22-13-16)21(25)20(19)15-8-10-18(11-9-15)26-17-6-2-1-3-7-17/h1-13,20H,14H2. The van der Waals surface area contributed by atoms with Gasteiger partial charge in [-0.1, -0.05) is 30.3 Å². The van der Waals surface area contributed by atoms with E-state index in [0.29, 0.717) is 17.0 Å². The smallest absolute Gasteiger partial charge is 0.242 e. The van der Waals surface area contributed by atoms with E-state index in [1.54, 1.807) is 48.8 Å². The highest BCUT2D eigenvalue weighted by Crippen LogP contribution is 2.31. The highest BCUT2D eigenvalue weighted by Gasteiger charge is 2.40. The minimum Gasteiger partial charge on any atom is -0.457 e. The Morgan fingerprint density at radius 3 is 2.31 bits per heavy atom. The number of benzene rings is 2. The van der Waals surface area contributed by atoms with Crippen LogP contribution in [-0.2, 0) is 9.59 Å². The van der Waals surface area contributed by atoms with Crippen LogP contribution in [0.3, 0.4) is 0 Å². The largest absolute Gasteiger partial charge is 0.457 e. The number of hydrogen-bond acceptors (Lipinski definition) is 4. The van der Waals surface area contributed by atoms with E-state index < -0.39 is 5.92 Å². The van der Waals surface area contributed by atoms with Crippen LogP contribution >= 0.6 is 0 Å². The van der Waals surface area contributed by atoms with Gasteiger partial charge in [0.05, 0.1) is 18.4 Å². The van der Waals surface area contributed by atoms with E-state index in [9.17, 15) is 9.59 Å². The first kappa shape index (κ1) is 16.0. The Balaban J connectivity index is 1.54.